The Labute approximate surface area is 112 Å². The number of halogens is 1. The first kappa shape index (κ1) is 12.3. The fourth-order valence-electron chi connectivity index (χ4n) is 1.48. The Bertz CT molecular complexity index is 534. The zero-order valence-electron chi connectivity index (χ0n) is 9.27. The molecule has 0 bridgehead atoms. The minimum Gasteiger partial charge on any atom is -0.462 e. The number of hydrogen-bond donors (Lipinski definition) is 0. The summed E-state index contributed by atoms with van der Waals surface area (Å²) in [6.07, 6.45) is 0. The standard InChI is InChI=1S/C13H11BrO2S/c1-2-16-13(15)10-5-3-4-9(8-10)11-6-7-12(14)17-11/h3-8H,2H2,1H3. The van der Waals surface area contributed by atoms with Gasteiger partial charge >= 0.3 is 5.97 Å². The number of esters is 1. The topological polar surface area (TPSA) is 26.3 Å². The van der Waals surface area contributed by atoms with E-state index in [1.54, 1.807) is 24.3 Å². The van der Waals surface area contributed by atoms with E-state index in [9.17, 15) is 4.79 Å². The molecule has 0 N–H and O–H groups in total. The Hall–Kier alpha value is -1.13. The molecule has 0 atom stereocenters. The van der Waals surface area contributed by atoms with Crippen LogP contribution in [-0.4, -0.2) is 12.6 Å². The fraction of sp³-hybridized carbons (Fsp3) is 0.154. The second-order valence-corrected chi connectivity index (χ2v) is 5.87. The van der Waals surface area contributed by atoms with Crippen LogP contribution in [0.2, 0.25) is 0 Å². The van der Waals surface area contributed by atoms with Crippen LogP contribution in [0.15, 0.2) is 40.2 Å². The van der Waals surface area contributed by atoms with Crippen LogP contribution in [0.4, 0.5) is 0 Å². The van der Waals surface area contributed by atoms with E-state index < -0.39 is 0 Å². The fourth-order valence-corrected chi connectivity index (χ4v) is 2.87. The van der Waals surface area contributed by atoms with E-state index in [-0.39, 0.29) is 5.97 Å². The maximum absolute atomic E-state index is 11.6. The van der Waals surface area contributed by atoms with Crippen LogP contribution < -0.4 is 0 Å². The molecule has 0 fully saturated rings. The third kappa shape index (κ3) is 2.96. The lowest BCUT2D eigenvalue weighted by Gasteiger charge is -2.03. The summed E-state index contributed by atoms with van der Waals surface area (Å²) in [5.74, 6) is -0.273. The van der Waals surface area contributed by atoms with Gasteiger partial charge in [0.25, 0.3) is 0 Å². The van der Waals surface area contributed by atoms with Crippen LogP contribution in [0.1, 0.15) is 17.3 Å². The highest BCUT2D eigenvalue weighted by atomic mass is 79.9. The van der Waals surface area contributed by atoms with Crippen molar-refractivity contribution in [3.63, 3.8) is 0 Å². The largest absolute Gasteiger partial charge is 0.462 e. The molecular weight excluding hydrogens is 300 g/mol. The first-order valence-electron chi connectivity index (χ1n) is 5.23. The third-order valence-electron chi connectivity index (χ3n) is 2.23. The zero-order valence-corrected chi connectivity index (χ0v) is 11.7. The van der Waals surface area contributed by atoms with Gasteiger partial charge in [0.15, 0.2) is 0 Å². The second-order valence-electron chi connectivity index (χ2n) is 3.41. The Balaban J connectivity index is 2.31. The minimum absolute atomic E-state index is 0.273. The van der Waals surface area contributed by atoms with Crippen molar-refractivity contribution in [2.75, 3.05) is 6.61 Å². The van der Waals surface area contributed by atoms with Gasteiger partial charge in [0.05, 0.1) is 16.0 Å². The Morgan fingerprint density at radius 1 is 1.35 bits per heavy atom. The van der Waals surface area contributed by atoms with Crippen LogP contribution in [0.25, 0.3) is 10.4 Å². The van der Waals surface area contributed by atoms with Crippen LogP contribution in [-0.2, 0) is 4.74 Å². The Morgan fingerprint density at radius 3 is 2.82 bits per heavy atom. The zero-order chi connectivity index (χ0) is 12.3. The summed E-state index contributed by atoms with van der Waals surface area (Å²) in [6.45, 7) is 2.20. The van der Waals surface area contributed by atoms with Crippen molar-refractivity contribution in [1.82, 2.24) is 0 Å². The van der Waals surface area contributed by atoms with E-state index in [4.69, 9.17) is 4.74 Å². The highest BCUT2D eigenvalue weighted by molar-refractivity contribution is 9.11. The Kier molecular flexibility index (Phi) is 3.97. The number of carbonyl (C=O) groups is 1. The number of rotatable bonds is 3. The van der Waals surface area contributed by atoms with E-state index in [0.29, 0.717) is 12.2 Å². The van der Waals surface area contributed by atoms with Crippen LogP contribution in [0, 0.1) is 0 Å². The summed E-state index contributed by atoms with van der Waals surface area (Å²) in [5.41, 5.74) is 1.63. The van der Waals surface area contributed by atoms with Crippen LogP contribution in [0.3, 0.4) is 0 Å². The lowest BCUT2D eigenvalue weighted by molar-refractivity contribution is 0.0526. The van der Waals surface area contributed by atoms with Gasteiger partial charge in [-0.1, -0.05) is 12.1 Å². The predicted octanol–water partition coefficient (Wildman–Crippen LogP) is 4.35. The second kappa shape index (κ2) is 5.47. The molecule has 0 aliphatic rings. The molecule has 88 valence electrons. The molecule has 2 rings (SSSR count). The molecule has 2 nitrogen and oxygen atoms in total. The van der Waals surface area contributed by atoms with Gasteiger partial charge in [-0.2, -0.15) is 0 Å². The summed E-state index contributed by atoms with van der Waals surface area (Å²) in [5, 5.41) is 0. The van der Waals surface area contributed by atoms with Crippen molar-refractivity contribution in [2.24, 2.45) is 0 Å². The molecule has 0 radical (unpaired) electrons. The molecule has 0 aliphatic carbocycles. The minimum atomic E-state index is -0.273. The number of carbonyl (C=O) groups excluding carboxylic acids is 1. The molecule has 0 unspecified atom stereocenters. The summed E-state index contributed by atoms with van der Waals surface area (Å²) < 4.78 is 6.06. The predicted molar refractivity (Wildman–Crippen MR) is 73.4 cm³/mol. The lowest BCUT2D eigenvalue weighted by atomic mass is 10.1. The van der Waals surface area contributed by atoms with E-state index in [0.717, 1.165) is 14.2 Å². The van der Waals surface area contributed by atoms with Gasteiger partial charge in [0.2, 0.25) is 0 Å². The molecule has 0 amide bonds. The first-order chi connectivity index (χ1) is 8.20. The van der Waals surface area contributed by atoms with Crippen molar-refractivity contribution in [3.05, 3.63) is 45.7 Å². The SMILES string of the molecule is CCOC(=O)c1cccc(-c2ccc(Br)s2)c1. The molecule has 1 heterocycles. The summed E-state index contributed by atoms with van der Waals surface area (Å²) in [7, 11) is 0. The number of thiophene rings is 1. The van der Waals surface area contributed by atoms with Gasteiger partial charge in [0, 0.05) is 4.88 Å². The van der Waals surface area contributed by atoms with E-state index in [2.05, 4.69) is 15.9 Å². The van der Waals surface area contributed by atoms with E-state index >= 15 is 0 Å². The molecule has 17 heavy (non-hydrogen) atoms. The summed E-state index contributed by atoms with van der Waals surface area (Å²) in [4.78, 5) is 12.7. The monoisotopic (exact) mass is 310 g/mol. The van der Waals surface area contributed by atoms with Gasteiger partial charge in [-0.05, 0) is 52.7 Å². The summed E-state index contributed by atoms with van der Waals surface area (Å²) >= 11 is 5.07. The molecule has 0 spiro atoms. The van der Waals surface area contributed by atoms with Gasteiger partial charge in [-0.3, -0.25) is 0 Å². The van der Waals surface area contributed by atoms with Crippen LogP contribution in [0.5, 0.6) is 0 Å². The average molecular weight is 311 g/mol. The van der Waals surface area contributed by atoms with Crippen molar-refractivity contribution >= 4 is 33.2 Å². The quantitative estimate of drug-likeness (QED) is 0.788. The van der Waals surface area contributed by atoms with Gasteiger partial charge in [-0.25, -0.2) is 4.79 Å². The van der Waals surface area contributed by atoms with Gasteiger partial charge < -0.3 is 4.74 Å². The van der Waals surface area contributed by atoms with Crippen molar-refractivity contribution in [3.8, 4) is 10.4 Å². The highest BCUT2D eigenvalue weighted by Crippen LogP contribution is 2.31. The molecule has 2 aromatic rings. The van der Waals surface area contributed by atoms with E-state index in [1.165, 1.54) is 0 Å². The number of benzene rings is 1. The molecule has 0 saturated heterocycles. The average Bonchev–Trinajstić information content (AvgIpc) is 2.76. The van der Waals surface area contributed by atoms with Gasteiger partial charge in [-0.15, -0.1) is 11.3 Å². The van der Waals surface area contributed by atoms with Crippen molar-refractivity contribution < 1.29 is 9.53 Å². The maximum atomic E-state index is 11.6. The number of ether oxygens (including phenoxy) is 1. The molecule has 4 heteroatoms. The smallest absolute Gasteiger partial charge is 0.338 e. The summed E-state index contributed by atoms with van der Waals surface area (Å²) in [6, 6.07) is 11.5. The molecule has 0 saturated carbocycles. The normalized spacial score (nSPS) is 10.2. The van der Waals surface area contributed by atoms with Crippen LogP contribution >= 0.6 is 27.3 Å². The Morgan fingerprint density at radius 2 is 2.18 bits per heavy atom. The third-order valence-corrected chi connectivity index (χ3v) is 3.90. The first-order valence-corrected chi connectivity index (χ1v) is 6.84. The maximum Gasteiger partial charge on any atom is 0.338 e. The molecule has 1 aromatic heterocycles. The molecular formula is C13H11BrO2S. The molecule has 0 aliphatic heterocycles. The van der Waals surface area contributed by atoms with Gasteiger partial charge in [0.1, 0.15) is 0 Å². The lowest BCUT2D eigenvalue weighted by Crippen LogP contribution is -2.04. The molecule has 1 aromatic carbocycles. The highest BCUT2D eigenvalue weighted by Gasteiger charge is 2.08. The van der Waals surface area contributed by atoms with Crippen molar-refractivity contribution in [1.29, 1.82) is 0 Å². The van der Waals surface area contributed by atoms with Crippen molar-refractivity contribution in [2.45, 2.75) is 6.92 Å². The number of hydrogen-bond acceptors (Lipinski definition) is 3. The van der Waals surface area contributed by atoms with E-state index in [1.807, 2.05) is 30.3 Å².